The third-order valence-electron chi connectivity index (χ3n) is 4.46. The van der Waals surface area contributed by atoms with Crippen LogP contribution >= 0.6 is 0 Å². The Morgan fingerprint density at radius 2 is 1.77 bits per heavy atom. The molecule has 2 N–H and O–H groups in total. The van der Waals surface area contributed by atoms with Crippen LogP contribution in [-0.2, 0) is 11.2 Å². The van der Waals surface area contributed by atoms with Gasteiger partial charge >= 0.3 is 6.03 Å². The highest BCUT2D eigenvalue weighted by atomic mass is 19.1. The van der Waals surface area contributed by atoms with Crippen LogP contribution in [0, 0.1) is 11.6 Å². The van der Waals surface area contributed by atoms with E-state index in [4.69, 9.17) is 9.47 Å². The van der Waals surface area contributed by atoms with Crippen molar-refractivity contribution in [2.24, 2.45) is 0 Å². The molecule has 0 saturated carbocycles. The minimum Gasteiger partial charge on any atom is -0.493 e. The van der Waals surface area contributed by atoms with Gasteiger partial charge in [-0.3, -0.25) is 4.79 Å². The van der Waals surface area contributed by atoms with Crippen LogP contribution in [0.5, 0.6) is 11.5 Å². The average molecular weight is 421 g/mol. The molecule has 0 bridgehead atoms. The number of nitrogens with zero attached hydrogens (tertiary/aromatic N) is 1. The lowest BCUT2D eigenvalue weighted by Crippen LogP contribution is -2.47. The molecule has 7 nitrogen and oxygen atoms in total. The minimum atomic E-state index is -0.906. The maximum absolute atomic E-state index is 13.6. The maximum Gasteiger partial charge on any atom is 0.319 e. The van der Waals surface area contributed by atoms with Crippen LogP contribution in [0.3, 0.4) is 0 Å². The van der Waals surface area contributed by atoms with Crippen molar-refractivity contribution in [3.05, 3.63) is 53.6 Å². The number of ether oxygens (including phenoxy) is 2. The first-order valence-corrected chi connectivity index (χ1v) is 9.23. The monoisotopic (exact) mass is 421 g/mol. The molecular formula is C21H25F2N3O4. The van der Waals surface area contributed by atoms with E-state index in [-0.39, 0.29) is 11.6 Å². The Labute approximate surface area is 174 Å². The summed E-state index contributed by atoms with van der Waals surface area (Å²) in [5, 5.41) is 4.70. The molecule has 2 rings (SSSR count). The number of methoxy groups -OCH3 is 2. The van der Waals surface area contributed by atoms with E-state index in [0.29, 0.717) is 30.5 Å². The van der Waals surface area contributed by atoms with Gasteiger partial charge in [0.15, 0.2) is 11.5 Å². The van der Waals surface area contributed by atoms with Gasteiger partial charge in [-0.2, -0.15) is 0 Å². The number of hydrogen-bond donors (Lipinski definition) is 2. The second-order valence-corrected chi connectivity index (χ2v) is 6.64. The molecule has 30 heavy (non-hydrogen) atoms. The summed E-state index contributed by atoms with van der Waals surface area (Å²) in [7, 11) is 4.73. The molecule has 0 heterocycles. The predicted octanol–water partition coefficient (Wildman–Crippen LogP) is 3.19. The summed E-state index contributed by atoms with van der Waals surface area (Å²) < 4.78 is 37.0. The molecule has 0 radical (unpaired) electrons. The van der Waals surface area contributed by atoms with Crippen molar-refractivity contribution in [3.8, 4) is 11.5 Å². The molecule has 2 aromatic carbocycles. The second-order valence-electron chi connectivity index (χ2n) is 6.64. The first kappa shape index (κ1) is 22.9. The zero-order valence-corrected chi connectivity index (χ0v) is 17.3. The fourth-order valence-electron chi connectivity index (χ4n) is 2.78. The molecule has 9 heteroatoms. The topological polar surface area (TPSA) is 79.9 Å². The van der Waals surface area contributed by atoms with Crippen molar-refractivity contribution in [1.82, 2.24) is 10.2 Å². The van der Waals surface area contributed by atoms with E-state index in [1.165, 1.54) is 11.8 Å². The van der Waals surface area contributed by atoms with Gasteiger partial charge in [0.25, 0.3) is 0 Å². The summed E-state index contributed by atoms with van der Waals surface area (Å²) in [6, 6.07) is 6.68. The van der Waals surface area contributed by atoms with E-state index in [1.54, 1.807) is 27.3 Å². The van der Waals surface area contributed by atoms with E-state index in [2.05, 4.69) is 10.6 Å². The lowest BCUT2D eigenvalue weighted by atomic mass is 10.1. The number of nitrogens with one attached hydrogen (secondary N) is 2. The highest BCUT2D eigenvalue weighted by molar-refractivity contribution is 5.93. The molecule has 2 aromatic rings. The van der Waals surface area contributed by atoms with Crippen molar-refractivity contribution >= 4 is 17.6 Å². The van der Waals surface area contributed by atoms with Gasteiger partial charge < -0.3 is 25.0 Å². The lowest BCUT2D eigenvalue weighted by Gasteiger charge is -2.22. The van der Waals surface area contributed by atoms with Crippen molar-refractivity contribution in [1.29, 1.82) is 0 Å². The van der Waals surface area contributed by atoms with Crippen LogP contribution in [0.2, 0.25) is 0 Å². The Hall–Kier alpha value is -3.36. The summed E-state index contributed by atoms with van der Waals surface area (Å²) in [5.74, 6) is -0.754. The van der Waals surface area contributed by atoms with Crippen LogP contribution in [0.25, 0.3) is 0 Å². The molecule has 0 aliphatic carbocycles. The molecule has 0 saturated heterocycles. The summed E-state index contributed by atoms with van der Waals surface area (Å²) >= 11 is 0. The normalized spacial score (nSPS) is 11.4. The van der Waals surface area contributed by atoms with E-state index in [9.17, 15) is 18.4 Å². The first-order chi connectivity index (χ1) is 14.2. The molecule has 1 atom stereocenters. The van der Waals surface area contributed by atoms with Crippen LogP contribution in [0.1, 0.15) is 12.5 Å². The first-order valence-electron chi connectivity index (χ1n) is 9.23. The molecule has 1 unspecified atom stereocenters. The van der Waals surface area contributed by atoms with Gasteiger partial charge in [0.2, 0.25) is 5.91 Å². The van der Waals surface area contributed by atoms with Crippen LogP contribution < -0.4 is 20.1 Å². The third kappa shape index (κ3) is 6.07. The second kappa shape index (κ2) is 10.4. The van der Waals surface area contributed by atoms with Gasteiger partial charge in [0, 0.05) is 19.7 Å². The highest BCUT2D eigenvalue weighted by Crippen LogP contribution is 2.27. The van der Waals surface area contributed by atoms with E-state index in [0.717, 1.165) is 17.7 Å². The van der Waals surface area contributed by atoms with Crippen molar-refractivity contribution in [3.63, 3.8) is 0 Å². The number of carbonyl (C=O) groups excluding carboxylic acids is 2. The zero-order chi connectivity index (χ0) is 22.3. The number of carbonyl (C=O) groups is 2. The Bertz CT molecular complexity index is 908. The number of urea groups is 1. The molecule has 3 amide bonds. The van der Waals surface area contributed by atoms with Gasteiger partial charge in [-0.05, 0) is 43.2 Å². The molecule has 0 aliphatic rings. The van der Waals surface area contributed by atoms with E-state index >= 15 is 0 Å². The van der Waals surface area contributed by atoms with Gasteiger partial charge in [-0.25, -0.2) is 13.6 Å². The molecular weight excluding hydrogens is 396 g/mol. The fourth-order valence-corrected chi connectivity index (χ4v) is 2.78. The number of hydrogen-bond acceptors (Lipinski definition) is 4. The average Bonchev–Trinajstić information content (AvgIpc) is 2.73. The minimum absolute atomic E-state index is 0.185. The number of likely N-dealkylation sites (N-methyl/N-ethyl adjacent to an activating group) is 1. The summed E-state index contributed by atoms with van der Waals surface area (Å²) in [6.07, 6.45) is 0.572. The van der Waals surface area contributed by atoms with Gasteiger partial charge in [0.1, 0.15) is 17.7 Å². The fraction of sp³-hybridized carbons (Fsp3) is 0.333. The smallest absolute Gasteiger partial charge is 0.319 e. The summed E-state index contributed by atoms with van der Waals surface area (Å²) in [5.41, 5.74) is 0.771. The van der Waals surface area contributed by atoms with E-state index < -0.39 is 23.7 Å². The zero-order valence-electron chi connectivity index (χ0n) is 17.3. The quantitative estimate of drug-likeness (QED) is 0.686. The van der Waals surface area contributed by atoms with Crippen molar-refractivity contribution in [2.75, 3.05) is 33.1 Å². The predicted molar refractivity (Wildman–Crippen MR) is 109 cm³/mol. The molecule has 0 spiro atoms. The third-order valence-corrected chi connectivity index (χ3v) is 4.46. The summed E-state index contributed by atoms with van der Waals surface area (Å²) in [4.78, 5) is 26.0. The Morgan fingerprint density at radius 1 is 1.07 bits per heavy atom. The van der Waals surface area contributed by atoms with Crippen molar-refractivity contribution in [2.45, 2.75) is 19.4 Å². The molecule has 162 valence electrons. The van der Waals surface area contributed by atoms with Gasteiger partial charge in [-0.15, -0.1) is 0 Å². The number of rotatable bonds is 8. The maximum atomic E-state index is 13.6. The SMILES string of the molecule is COc1ccc(CCN(C)C(=O)C(C)NC(=O)Nc2ccc(F)cc2F)cc1OC. The van der Waals surface area contributed by atoms with Gasteiger partial charge in [-0.1, -0.05) is 6.07 Å². The number of halogens is 2. The van der Waals surface area contributed by atoms with Crippen LogP contribution in [-0.4, -0.2) is 50.7 Å². The Kier molecular flexibility index (Phi) is 7.97. The number of amides is 3. The largest absolute Gasteiger partial charge is 0.493 e. The van der Waals surface area contributed by atoms with E-state index in [1.807, 2.05) is 12.1 Å². The standard InChI is InChI=1S/C21H25F2N3O4/c1-13(24-21(28)25-17-7-6-15(22)12-16(17)23)20(27)26(2)10-9-14-5-8-18(29-3)19(11-14)30-4/h5-8,11-13H,9-10H2,1-4H3,(H2,24,25,28). The van der Waals surface area contributed by atoms with Crippen LogP contribution in [0.4, 0.5) is 19.3 Å². The lowest BCUT2D eigenvalue weighted by molar-refractivity contribution is -0.131. The van der Waals surface area contributed by atoms with Gasteiger partial charge in [0.05, 0.1) is 19.9 Å². The number of anilines is 1. The molecule has 0 fully saturated rings. The number of benzene rings is 2. The van der Waals surface area contributed by atoms with Crippen molar-refractivity contribution < 1.29 is 27.8 Å². The summed E-state index contributed by atoms with van der Waals surface area (Å²) in [6.45, 7) is 1.93. The van der Waals surface area contributed by atoms with Crippen LogP contribution in [0.15, 0.2) is 36.4 Å². The Balaban J connectivity index is 1.88. The Morgan fingerprint density at radius 3 is 2.40 bits per heavy atom. The molecule has 0 aromatic heterocycles. The highest BCUT2D eigenvalue weighted by Gasteiger charge is 2.20. The molecule has 0 aliphatic heterocycles.